The molecule has 0 spiro atoms. The van der Waals surface area contributed by atoms with Gasteiger partial charge in [-0.25, -0.2) is 0 Å². The molecule has 11 unspecified atom stereocenters. The first-order chi connectivity index (χ1) is 34.6. The van der Waals surface area contributed by atoms with Crippen LogP contribution in [0.25, 0.3) is 0 Å². The SMILES string of the molecule is CC/C=C\C/C=C\C/C=C\C/C=C\CCCCCCCCCCCCCOCC(COC1OC(COC2OC(CO)C(O)C(O)C2O)C(O)C(O)C1O)OC(=O)CCCCCCCCCCCCCCC. The Labute approximate surface area is 429 Å². The zero-order chi connectivity index (χ0) is 51.6. The quantitative estimate of drug-likeness (QED) is 0.0172. The summed E-state index contributed by atoms with van der Waals surface area (Å²) in [7, 11) is 0. The van der Waals surface area contributed by atoms with Crippen molar-refractivity contribution in [1.82, 2.24) is 0 Å². The van der Waals surface area contributed by atoms with Gasteiger partial charge in [-0.15, -0.1) is 0 Å². The van der Waals surface area contributed by atoms with Gasteiger partial charge in [0.25, 0.3) is 0 Å². The smallest absolute Gasteiger partial charge is 0.306 e. The predicted octanol–water partition coefficient (Wildman–Crippen LogP) is 9.52. The third-order valence-corrected chi connectivity index (χ3v) is 13.4. The molecule has 0 bridgehead atoms. The number of aliphatic hydroxyl groups is 7. The fourth-order valence-corrected chi connectivity index (χ4v) is 8.81. The molecule has 0 amide bonds. The highest BCUT2D eigenvalue weighted by molar-refractivity contribution is 5.69. The van der Waals surface area contributed by atoms with Gasteiger partial charge in [0.05, 0.1) is 26.4 Å². The molecule has 2 fully saturated rings. The summed E-state index contributed by atoms with van der Waals surface area (Å²) >= 11 is 0. The fourth-order valence-electron chi connectivity index (χ4n) is 8.81. The number of ether oxygens (including phenoxy) is 6. The van der Waals surface area contributed by atoms with E-state index in [0.717, 1.165) is 70.6 Å². The van der Waals surface area contributed by atoms with Gasteiger partial charge in [-0.05, 0) is 51.4 Å². The molecule has 0 aromatic heterocycles. The number of hydrogen-bond acceptors (Lipinski definition) is 14. The molecule has 0 radical (unpaired) electrons. The van der Waals surface area contributed by atoms with Crippen LogP contribution in [0.4, 0.5) is 0 Å². The second-order valence-corrected chi connectivity index (χ2v) is 19.7. The number of rotatable bonds is 45. The highest BCUT2D eigenvalue weighted by Crippen LogP contribution is 2.26. The highest BCUT2D eigenvalue weighted by Gasteiger charge is 2.47. The highest BCUT2D eigenvalue weighted by atomic mass is 16.7. The average Bonchev–Trinajstić information content (AvgIpc) is 3.37. The lowest BCUT2D eigenvalue weighted by Gasteiger charge is -2.42. The van der Waals surface area contributed by atoms with Gasteiger partial charge in [0.2, 0.25) is 0 Å². The van der Waals surface area contributed by atoms with Crippen LogP contribution >= 0.6 is 0 Å². The first-order valence-corrected chi connectivity index (χ1v) is 28.2. The van der Waals surface area contributed by atoms with Gasteiger partial charge >= 0.3 is 5.97 Å². The van der Waals surface area contributed by atoms with Crippen molar-refractivity contribution in [1.29, 1.82) is 0 Å². The van der Waals surface area contributed by atoms with E-state index in [-0.39, 0.29) is 25.6 Å². The van der Waals surface area contributed by atoms with Crippen molar-refractivity contribution in [2.75, 3.05) is 33.0 Å². The minimum atomic E-state index is -1.71. The molecule has 7 N–H and O–H groups in total. The van der Waals surface area contributed by atoms with Crippen LogP contribution in [0.3, 0.4) is 0 Å². The van der Waals surface area contributed by atoms with Crippen molar-refractivity contribution in [2.24, 2.45) is 0 Å². The van der Waals surface area contributed by atoms with E-state index in [1.54, 1.807) is 0 Å². The Hall–Kier alpha value is -2.05. The van der Waals surface area contributed by atoms with Gasteiger partial charge in [-0.1, -0.05) is 197 Å². The van der Waals surface area contributed by atoms with Crippen LogP contribution in [0.2, 0.25) is 0 Å². The maximum Gasteiger partial charge on any atom is 0.306 e. The summed E-state index contributed by atoms with van der Waals surface area (Å²) in [6, 6.07) is 0. The van der Waals surface area contributed by atoms with E-state index < -0.39 is 80.7 Å². The van der Waals surface area contributed by atoms with Crippen LogP contribution in [-0.2, 0) is 33.2 Å². The van der Waals surface area contributed by atoms with Crippen molar-refractivity contribution in [3.63, 3.8) is 0 Å². The summed E-state index contributed by atoms with van der Waals surface area (Å²) in [4.78, 5) is 13.0. The molecule has 14 heteroatoms. The van der Waals surface area contributed by atoms with Crippen LogP contribution < -0.4 is 0 Å². The van der Waals surface area contributed by atoms with E-state index in [1.165, 1.54) is 109 Å². The van der Waals surface area contributed by atoms with Gasteiger partial charge in [0.1, 0.15) is 54.9 Å². The topological polar surface area (TPSA) is 214 Å². The Morgan fingerprint density at radius 1 is 0.479 bits per heavy atom. The Balaban J connectivity index is 1.69. The lowest BCUT2D eigenvalue weighted by Crippen LogP contribution is -2.61. The third-order valence-electron chi connectivity index (χ3n) is 13.4. The summed E-state index contributed by atoms with van der Waals surface area (Å²) in [6.07, 6.45) is 36.0. The second-order valence-electron chi connectivity index (χ2n) is 19.7. The van der Waals surface area contributed by atoms with Gasteiger partial charge in [-0.3, -0.25) is 4.79 Å². The number of hydrogen-bond donors (Lipinski definition) is 7. The normalized spacial score (nSPS) is 25.6. The summed E-state index contributed by atoms with van der Waals surface area (Å²) < 4.78 is 34.4. The maximum absolute atomic E-state index is 13.0. The first-order valence-electron chi connectivity index (χ1n) is 28.2. The van der Waals surface area contributed by atoms with Gasteiger partial charge in [-0.2, -0.15) is 0 Å². The molecule has 414 valence electrons. The monoisotopic (exact) mass is 1010 g/mol. The molecule has 0 aliphatic carbocycles. The Kier molecular flexibility index (Phi) is 40.6. The molecule has 2 heterocycles. The summed E-state index contributed by atoms with van der Waals surface area (Å²) in [5.74, 6) is -0.376. The molecule has 71 heavy (non-hydrogen) atoms. The van der Waals surface area contributed by atoms with Crippen LogP contribution in [0.1, 0.15) is 206 Å². The van der Waals surface area contributed by atoms with Crippen LogP contribution in [0.15, 0.2) is 48.6 Å². The zero-order valence-electron chi connectivity index (χ0n) is 44.2. The van der Waals surface area contributed by atoms with Gasteiger partial charge in [0.15, 0.2) is 12.6 Å². The number of allylic oxidation sites excluding steroid dienone is 8. The molecule has 2 aliphatic heterocycles. The first kappa shape index (κ1) is 65.1. The van der Waals surface area contributed by atoms with Crippen molar-refractivity contribution in [3.05, 3.63) is 48.6 Å². The van der Waals surface area contributed by atoms with E-state index in [9.17, 15) is 40.5 Å². The predicted molar refractivity (Wildman–Crippen MR) is 279 cm³/mol. The second kappa shape index (κ2) is 44.3. The van der Waals surface area contributed by atoms with E-state index in [1.807, 2.05) is 0 Å². The third kappa shape index (κ3) is 31.4. The molecule has 11 atom stereocenters. The number of carbonyl (C=O) groups excluding carboxylic acids is 1. The minimum Gasteiger partial charge on any atom is -0.457 e. The van der Waals surface area contributed by atoms with Gasteiger partial charge < -0.3 is 64.2 Å². The van der Waals surface area contributed by atoms with Crippen LogP contribution in [0, 0.1) is 0 Å². The molecule has 0 aromatic carbocycles. The largest absolute Gasteiger partial charge is 0.457 e. The van der Waals surface area contributed by atoms with E-state index >= 15 is 0 Å². The molecular weight excluding hydrogens is 909 g/mol. The number of carbonyl (C=O) groups is 1. The molecule has 2 aliphatic rings. The fraction of sp³-hybridized carbons (Fsp3) is 0.842. The van der Waals surface area contributed by atoms with Crippen molar-refractivity contribution in [3.8, 4) is 0 Å². The minimum absolute atomic E-state index is 0.0609. The Bertz CT molecular complexity index is 1360. The molecule has 2 rings (SSSR count). The molecule has 0 saturated carbocycles. The van der Waals surface area contributed by atoms with Crippen LogP contribution in [0.5, 0.6) is 0 Å². The maximum atomic E-state index is 13.0. The number of esters is 1. The summed E-state index contributed by atoms with van der Waals surface area (Å²) in [5, 5.41) is 72.2. The lowest BCUT2D eigenvalue weighted by molar-refractivity contribution is -0.332. The molecular formula is C57H102O14. The summed E-state index contributed by atoms with van der Waals surface area (Å²) in [6.45, 7) is 3.58. The van der Waals surface area contributed by atoms with Crippen molar-refractivity contribution < 1.29 is 69.0 Å². The summed E-state index contributed by atoms with van der Waals surface area (Å²) in [5.41, 5.74) is 0. The van der Waals surface area contributed by atoms with Crippen LogP contribution in [-0.4, -0.2) is 142 Å². The molecule has 0 aromatic rings. The molecule has 2 saturated heterocycles. The molecule has 14 nitrogen and oxygen atoms in total. The van der Waals surface area contributed by atoms with E-state index in [4.69, 9.17) is 28.4 Å². The standard InChI is InChI=1S/C57H102O14/c1-3-5-7-9-11-13-15-17-18-19-20-21-22-23-24-25-26-27-29-31-33-35-37-39-41-66-43-46(69-49(59)40-38-36-34-32-30-28-16-14-12-10-8-6-4-2)44-67-56-55(65)53(63)51(61)48(71-56)45-68-57-54(64)52(62)50(60)47(42-58)70-57/h5,7,11,13,17-18,20-21,46-48,50-58,60-65H,3-4,6,8-10,12,14-16,19,22-45H2,1-2H3/b7-5-,13-11-,18-17-,21-20-. The van der Waals surface area contributed by atoms with E-state index in [2.05, 4.69) is 62.5 Å². The average molecular weight is 1010 g/mol. The van der Waals surface area contributed by atoms with E-state index in [0.29, 0.717) is 13.0 Å². The number of aliphatic hydroxyl groups excluding tert-OH is 7. The van der Waals surface area contributed by atoms with Crippen molar-refractivity contribution >= 4 is 5.97 Å². The zero-order valence-corrected chi connectivity index (χ0v) is 44.2. The Morgan fingerprint density at radius 3 is 1.44 bits per heavy atom. The van der Waals surface area contributed by atoms with Gasteiger partial charge in [0, 0.05) is 13.0 Å². The Morgan fingerprint density at radius 2 is 0.915 bits per heavy atom. The van der Waals surface area contributed by atoms with Crippen molar-refractivity contribution in [2.45, 2.75) is 274 Å². The number of unbranched alkanes of at least 4 members (excludes halogenated alkanes) is 23. The lowest BCUT2D eigenvalue weighted by atomic mass is 9.98.